The van der Waals surface area contributed by atoms with Crippen LogP contribution in [-0.2, 0) is 10.2 Å². The van der Waals surface area contributed by atoms with Crippen LogP contribution in [0.25, 0.3) is 0 Å². The van der Waals surface area contributed by atoms with E-state index in [-0.39, 0.29) is 6.04 Å². The van der Waals surface area contributed by atoms with Crippen LogP contribution in [0, 0.1) is 5.92 Å². The van der Waals surface area contributed by atoms with E-state index in [1.165, 1.54) is 0 Å². The predicted octanol–water partition coefficient (Wildman–Crippen LogP) is 0.551. The van der Waals surface area contributed by atoms with E-state index in [1.807, 2.05) is 13.8 Å². The van der Waals surface area contributed by atoms with Gasteiger partial charge in [0.2, 0.25) is 0 Å². The average Bonchev–Trinajstić information content (AvgIpc) is 2.25. The van der Waals surface area contributed by atoms with Crippen molar-refractivity contribution < 1.29 is 8.42 Å². The zero-order chi connectivity index (χ0) is 12.9. The summed E-state index contributed by atoms with van der Waals surface area (Å²) in [5, 5.41) is 3.29. The standard InChI is InChI=1S/C11H25N3O2S/c1-4-12-8-11-6-5-7-14(9-11)17(15,16)13-10(2)3/h10-13H,4-9H2,1-3H3. The van der Waals surface area contributed by atoms with Gasteiger partial charge in [0.15, 0.2) is 0 Å². The smallest absolute Gasteiger partial charge is 0.279 e. The highest BCUT2D eigenvalue weighted by molar-refractivity contribution is 7.87. The largest absolute Gasteiger partial charge is 0.317 e. The minimum absolute atomic E-state index is 0.0471. The first-order valence-corrected chi connectivity index (χ1v) is 7.87. The van der Waals surface area contributed by atoms with Crippen molar-refractivity contribution >= 4 is 10.2 Å². The van der Waals surface area contributed by atoms with Crippen LogP contribution >= 0.6 is 0 Å². The maximum atomic E-state index is 12.0. The van der Waals surface area contributed by atoms with Crippen molar-refractivity contribution in [2.75, 3.05) is 26.2 Å². The first kappa shape index (κ1) is 14.9. The van der Waals surface area contributed by atoms with Crippen LogP contribution in [0.1, 0.15) is 33.6 Å². The number of rotatable bonds is 6. The molecule has 0 amide bonds. The number of hydrogen-bond donors (Lipinski definition) is 2. The Morgan fingerprint density at radius 2 is 2.12 bits per heavy atom. The summed E-state index contributed by atoms with van der Waals surface area (Å²) < 4.78 is 28.2. The van der Waals surface area contributed by atoms with Gasteiger partial charge in [0.25, 0.3) is 10.2 Å². The lowest BCUT2D eigenvalue weighted by molar-refractivity contribution is 0.258. The van der Waals surface area contributed by atoms with Crippen molar-refractivity contribution in [1.29, 1.82) is 0 Å². The lowest BCUT2D eigenvalue weighted by Gasteiger charge is -2.32. The summed E-state index contributed by atoms with van der Waals surface area (Å²) in [4.78, 5) is 0. The van der Waals surface area contributed by atoms with Gasteiger partial charge in [0.05, 0.1) is 0 Å². The molecule has 1 fully saturated rings. The molecule has 0 aliphatic carbocycles. The molecule has 1 atom stereocenters. The Morgan fingerprint density at radius 3 is 2.71 bits per heavy atom. The number of hydrogen-bond acceptors (Lipinski definition) is 3. The molecule has 6 heteroatoms. The highest BCUT2D eigenvalue weighted by Crippen LogP contribution is 2.18. The molecule has 1 rings (SSSR count). The van der Waals surface area contributed by atoms with Crippen LogP contribution in [0.4, 0.5) is 0 Å². The van der Waals surface area contributed by atoms with Gasteiger partial charge >= 0.3 is 0 Å². The molecule has 0 aromatic rings. The Labute approximate surface area is 105 Å². The summed E-state index contributed by atoms with van der Waals surface area (Å²) in [5.74, 6) is 0.437. The van der Waals surface area contributed by atoms with Gasteiger partial charge in [0, 0.05) is 19.1 Å². The van der Waals surface area contributed by atoms with E-state index >= 15 is 0 Å². The molecule has 5 nitrogen and oxygen atoms in total. The lowest BCUT2D eigenvalue weighted by Crippen LogP contribution is -2.49. The van der Waals surface area contributed by atoms with Crippen molar-refractivity contribution in [3.05, 3.63) is 0 Å². The molecular formula is C11H25N3O2S. The predicted molar refractivity (Wildman–Crippen MR) is 70.0 cm³/mol. The molecule has 1 aliphatic heterocycles. The topological polar surface area (TPSA) is 61.4 Å². The molecule has 1 aliphatic rings. The van der Waals surface area contributed by atoms with Crippen LogP contribution in [0.3, 0.4) is 0 Å². The second-order valence-electron chi connectivity index (χ2n) is 4.95. The summed E-state index contributed by atoms with van der Waals surface area (Å²) in [6.07, 6.45) is 2.07. The van der Waals surface area contributed by atoms with Gasteiger partial charge in [-0.1, -0.05) is 6.92 Å². The monoisotopic (exact) mass is 263 g/mol. The summed E-state index contributed by atoms with van der Waals surface area (Å²) in [6.45, 7) is 8.88. The van der Waals surface area contributed by atoms with E-state index in [1.54, 1.807) is 4.31 Å². The molecule has 102 valence electrons. The van der Waals surface area contributed by atoms with Crippen LogP contribution in [0.2, 0.25) is 0 Å². The molecule has 0 bridgehead atoms. The highest BCUT2D eigenvalue weighted by Gasteiger charge is 2.28. The van der Waals surface area contributed by atoms with Crippen molar-refractivity contribution in [1.82, 2.24) is 14.3 Å². The van der Waals surface area contributed by atoms with Gasteiger partial charge in [0.1, 0.15) is 0 Å². The van der Waals surface area contributed by atoms with Gasteiger partial charge in [-0.2, -0.15) is 17.4 Å². The van der Waals surface area contributed by atoms with Crippen molar-refractivity contribution in [3.63, 3.8) is 0 Å². The fourth-order valence-corrected chi connectivity index (χ4v) is 3.65. The van der Waals surface area contributed by atoms with Gasteiger partial charge < -0.3 is 5.32 Å². The Morgan fingerprint density at radius 1 is 1.41 bits per heavy atom. The second kappa shape index (κ2) is 6.68. The molecule has 0 spiro atoms. The zero-order valence-electron chi connectivity index (χ0n) is 11.1. The maximum Gasteiger partial charge on any atom is 0.279 e. The van der Waals surface area contributed by atoms with Crippen LogP contribution in [-0.4, -0.2) is 44.9 Å². The molecule has 0 aromatic heterocycles. The molecule has 0 radical (unpaired) electrons. The number of nitrogens with zero attached hydrogens (tertiary/aromatic N) is 1. The van der Waals surface area contributed by atoms with Gasteiger partial charge in [-0.15, -0.1) is 0 Å². The minimum Gasteiger partial charge on any atom is -0.317 e. The average molecular weight is 263 g/mol. The fraction of sp³-hybridized carbons (Fsp3) is 1.00. The van der Waals surface area contributed by atoms with E-state index in [2.05, 4.69) is 17.0 Å². The van der Waals surface area contributed by atoms with Crippen molar-refractivity contribution in [2.45, 2.75) is 39.7 Å². The van der Waals surface area contributed by atoms with E-state index in [0.717, 1.165) is 25.9 Å². The third-order valence-electron chi connectivity index (χ3n) is 2.89. The number of piperidine rings is 1. The summed E-state index contributed by atoms with van der Waals surface area (Å²) in [6, 6.07) is -0.0471. The first-order chi connectivity index (χ1) is 7.95. The van der Waals surface area contributed by atoms with Gasteiger partial charge in [-0.25, -0.2) is 0 Å². The quantitative estimate of drug-likeness (QED) is 0.736. The normalized spacial score (nSPS) is 23.2. The summed E-state index contributed by atoms with van der Waals surface area (Å²) in [7, 11) is -3.28. The molecule has 1 heterocycles. The maximum absolute atomic E-state index is 12.0. The molecule has 0 saturated carbocycles. The van der Waals surface area contributed by atoms with E-state index in [9.17, 15) is 8.42 Å². The van der Waals surface area contributed by atoms with Crippen LogP contribution in [0.15, 0.2) is 0 Å². The SMILES string of the molecule is CCNCC1CCCN(S(=O)(=O)NC(C)C)C1. The minimum atomic E-state index is -3.28. The Balaban J connectivity index is 2.53. The third kappa shape index (κ3) is 4.91. The van der Waals surface area contributed by atoms with Crippen LogP contribution < -0.4 is 10.0 Å². The number of nitrogens with one attached hydrogen (secondary N) is 2. The van der Waals surface area contributed by atoms with Gasteiger partial charge in [-0.3, -0.25) is 0 Å². The fourth-order valence-electron chi connectivity index (χ4n) is 2.13. The second-order valence-corrected chi connectivity index (χ2v) is 6.65. The highest BCUT2D eigenvalue weighted by atomic mass is 32.2. The van der Waals surface area contributed by atoms with Gasteiger partial charge in [-0.05, 0) is 45.7 Å². The van der Waals surface area contributed by atoms with E-state index in [4.69, 9.17) is 0 Å². The zero-order valence-corrected chi connectivity index (χ0v) is 11.9. The Hall–Kier alpha value is -0.170. The molecule has 1 saturated heterocycles. The molecule has 17 heavy (non-hydrogen) atoms. The molecular weight excluding hydrogens is 238 g/mol. The summed E-state index contributed by atoms with van der Waals surface area (Å²) >= 11 is 0. The van der Waals surface area contributed by atoms with Crippen molar-refractivity contribution in [3.8, 4) is 0 Å². The third-order valence-corrected chi connectivity index (χ3v) is 4.67. The molecule has 1 unspecified atom stereocenters. The molecule has 2 N–H and O–H groups in total. The Bertz CT molecular complexity index is 317. The van der Waals surface area contributed by atoms with E-state index in [0.29, 0.717) is 19.0 Å². The summed E-state index contributed by atoms with van der Waals surface area (Å²) in [5.41, 5.74) is 0. The van der Waals surface area contributed by atoms with Crippen molar-refractivity contribution in [2.24, 2.45) is 5.92 Å². The first-order valence-electron chi connectivity index (χ1n) is 6.43. The van der Waals surface area contributed by atoms with Crippen LogP contribution in [0.5, 0.6) is 0 Å². The van der Waals surface area contributed by atoms with E-state index < -0.39 is 10.2 Å². The lowest BCUT2D eigenvalue weighted by atomic mass is 10.00. The molecule has 0 aromatic carbocycles. The Kier molecular flexibility index (Phi) is 5.85.